The molecule has 0 saturated carbocycles. The second-order valence-electron chi connectivity index (χ2n) is 7.09. The van der Waals surface area contributed by atoms with Crippen LogP contribution in [0.1, 0.15) is 32.3 Å². The average molecular weight is 384 g/mol. The second kappa shape index (κ2) is 10.4. The van der Waals surface area contributed by atoms with Crippen LogP contribution in [0.3, 0.4) is 0 Å². The van der Waals surface area contributed by atoms with Crippen LogP contribution in [0.4, 0.5) is 0 Å². The van der Waals surface area contributed by atoms with E-state index in [1.54, 1.807) is 12.0 Å². The van der Waals surface area contributed by atoms with Gasteiger partial charge in [-0.05, 0) is 30.0 Å². The number of likely N-dealkylation sites (tertiary alicyclic amines) is 1. The van der Waals surface area contributed by atoms with Gasteiger partial charge in [0.2, 0.25) is 11.8 Å². The standard InChI is InChI=1S/C19H29N3O3.ClH/c1-13(2)8-16(10-20)21-19(24)15-9-18(23)22(12-15)11-14-4-6-17(25-3)7-5-14;/h4-7,13,15-16H,8-12,20H2,1-3H3,(H,21,24);1H. The third kappa shape index (κ3) is 6.18. The fraction of sp³-hybridized carbons (Fsp3) is 0.579. The third-order valence-electron chi connectivity index (χ3n) is 4.50. The van der Waals surface area contributed by atoms with Crippen molar-refractivity contribution in [2.75, 3.05) is 20.2 Å². The zero-order valence-electron chi connectivity index (χ0n) is 15.7. The summed E-state index contributed by atoms with van der Waals surface area (Å²) in [4.78, 5) is 26.4. The van der Waals surface area contributed by atoms with Crippen molar-refractivity contribution >= 4 is 24.2 Å². The molecular formula is C19H30ClN3O3. The summed E-state index contributed by atoms with van der Waals surface area (Å²) in [5.41, 5.74) is 6.77. The average Bonchev–Trinajstić information content (AvgIpc) is 2.95. The van der Waals surface area contributed by atoms with Crippen LogP contribution in [0.25, 0.3) is 0 Å². The Kier molecular flexibility index (Phi) is 8.88. The number of hydrogen-bond acceptors (Lipinski definition) is 4. The molecule has 1 heterocycles. The number of nitrogens with two attached hydrogens (primary N) is 1. The van der Waals surface area contributed by atoms with Gasteiger partial charge in [0.05, 0.1) is 13.0 Å². The Hall–Kier alpha value is -1.79. The smallest absolute Gasteiger partial charge is 0.225 e. The molecule has 26 heavy (non-hydrogen) atoms. The molecule has 0 radical (unpaired) electrons. The second-order valence-corrected chi connectivity index (χ2v) is 7.09. The molecule has 1 aromatic carbocycles. The Balaban J connectivity index is 0.00000338. The first-order chi connectivity index (χ1) is 11.9. The van der Waals surface area contributed by atoms with E-state index < -0.39 is 0 Å². The molecule has 146 valence electrons. The van der Waals surface area contributed by atoms with Gasteiger partial charge in [0.25, 0.3) is 0 Å². The summed E-state index contributed by atoms with van der Waals surface area (Å²) >= 11 is 0. The molecule has 2 rings (SSSR count). The van der Waals surface area contributed by atoms with E-state index in [-0.39, 0.29) is 42.6 Å². The number of amides is 2. The summed E-state index contributed by atoms with van der Waals surface area (Å²) in [7, 11) is 1.62. The van der Waals surface area contributed by atoms with Gasteiger partial charge in [-0.2, -0.15) is 0 Å². The first-order valence-electron chi connectivity index (χ1n) is 8.84. The van der Waals surface area contributed by atoms with Gasteiger partial charge in [-0.15, -0.1) is 12.4 Å². The molecule has 2 amide bonds. The summed E-state index contributed by atoms with van der Waals surface area (Å²) < 4.78 is 5.14. The number of ether oxygens (including phenoxy) is 1. The molecule has 1 aliphatic rings. The van der Waals surface area contributed by atoms with Gasteiger partial charge < -0.3 is 20.7 Å². The van der Waals surface area contributed by atoms with E-state index in [9.17, 15) is 9.59 Å². The summed E-state index contributed by atoms with van der Waals surface area (Å²) in [6.45, 7) is 5.59. The summed E-state index contributed by atoms with van der Waals surface area (Å²) in [5.74, 6) is 0.898. The minimum Gasteiger partial charge on any atom is -0.497 e. The molecule has 1 fully saturated rings. The van der Waals surface area contributed by atoms with Crippen LogP contribution in [-0.4, -0.2) is 43.0 Å². The van der Waals surface area contributed by atoms with Gasteiger partial charge in [0.1, 0.15) is 5.75 Å². The Morgan fingerprint density at radius 3 is 2.54 bits per heavy atom. The molecule has 0 aromatic heterocycles. The van der Waals surface area contributed by atoms with Crippen LogP contribution < -0.4 is 15.8 Å². The Morgan fingerprint density at radius 1 is 1.35 bits per heavy atom. The molecule has 0 aliphatic carbocycles. The van der Waals surface area contributed by atoms with Gasteiger partial charge in [-0.25, -0.2) is 0 Å². The highest BCUT2D eigenvalue weighted by Gasteiger charge is 2.34. The molecule has 0 bridgehead atoms. The molecule has 1 saturated heterocycles. The number of methoxy groups -OCH3 is 1. The third-order valence-corrected chi connectivity index (χ3v) is 4.50. The van der Waals surface area contributed by atoms with Crippen molar-refractivity contribution in [1.82, 2.24) is 10.2 Å². The maximum atomic E-state index is 12.5. The van der Waals surface area contributed by atoms with Crippen molar-refractivity contribution in [3.05, 3.63) is 29.8 Å². The highest BCUT2D eigenvalue weighted by Crippen LogP contribution is 2.22. The normalized spacial score (nSPS) is 17.8. The SMILES string of the molecule is COc1ccc(CN2CC(C(=O)NC(CN)CC(C)C)CC2=O)cc1.Cl. The molecule has 3 N–H and O–H groups in total. The van der Waals surface area contributed by atoms with Crippen molar-refractivity contribution in [3.8, 4) is 5.75 Å². The van der Waals surface area contributed by atoms with E-state index in [0.717, 1.165) is 17.7 Å². The molecule has 7 heteroatoms. The van der Waals surface area contributed by atoms with E-state index in [0.29, 0.717) is 25.6 Å². The highest BCUT2D eigenvalue weighted by molar-refractivity contribution is 5.89. The first-order valence-corrected chi connectivity index (χ1v) is 8.84. The van der Waals surface area contributed by atoms with Gasteiger partial charge >= 0.3 is 0 Å². The zero-order valence-corrected chi connectivity index (χ0v) is 16.6. The van der Waals surface area contributed by atoms with Crippen molar-refractivity contribution < 1.29 is 14.3 Å². The lowest BCUT2D eigenvalue weighted by atomic mass is 10.0. The lowest BCUT2D eigenvalue weighted by Crippen LogP contribution is -2.44. The number of halogens is 1. The van der Waals surface area contributed by atoms with Crippen LogP contribution in [0.15, 0.2) is 24.3 Å². The van der Waals surface area contributed by atoms with Crippen molar-refractivity contribution in [2.24, 2.45) is 17.6 Å². The maximum absolute atomic E-state index is 12.5. The van der Waals surface area contributed by atoms with Crippen LogP contribution >= 0.6 is 12.4 Å². The predicted molar refractivity (Wildman–Crippen MR) is 104 cm³/mol. The van der Waals surface area contributed by atoms with Gasteiger partial charge in [-0.3, -0.25) is 9.59 Å². The van der Waals surface area contributed by atoms with E-state index >= 15 is 0 Å². The summed E-state index contributed by atoms with van der Waals surface area (Å²) in [6, 6.07) is 7.59. The van der Waals surface area contributed by atoms with Crippen molar-refractivity contribution in [2.45, 2.75) is 39.3 Å². The van der Waals surface area contributed by atoms with Gasteiger partial charge in [0.15, 0.2) is 0 Å². The lowest BCUT2D eigenvalue weighted by Gasteiger charge is -2.21. The predicted octanol–water partition coefficient (Wildman–Crippen LogP) is 1.96. The number of nitrogens with zero attached hydrogens (tertiary/aromatic N) is 1. The Bertz CT molecular complexity index is 592. The van der Waals surface area contributed by atoms with Crippen LogP contribution in [-0.2, 0) is 16.1 Å². The molecule has 2 unspecified atom stereocenters. The highest BCUT2D eigenvalue weighted by atomic mass is 35.5. The molecular weight excluding hydrogens is 354 g/mol. The molecule has 6 nitrogen and oxygen atoms in total. The topological polar surface area (TPSA) is 84.7 Å². The quantitative estimate of drug-likeness (QED) is 0.718. The maximum Gasteiger partial charge on any atom is 0.225 e. The van der Waals surface area contributed by atoms with Gasteiger partial charge in [-0.1, -0.05) is 26.0 Å². The number of hydrogen-bond donors (Lipinski definition) is 2. The van der Waals surface area contributed by atoms with Crippen LogP contribution in [0, 0.1) is 11.8 Å². The fourth-order valence-electron chi connectivity index (χ4n) is 3.15. The van der Waals surface area contributed by atoms with E-state index in [1.807, 2.05) is 24.3 Å². The number of rotatable bonds is 8. The molecule has 0 spiro atoms. The van der Waals surface area contributed by atoms with E-state index in [1.165, 1.54) is 0 Å². The minimum atomic E-state index is -0.299. The van der Waals surface area contributed by atoms with Crippen LogP contribution in [0.2, 0.25) is 0 Å². The summed E-state index contributed by atoms with van der Waals surface area (Å²) in [6.07, 6.45) is 1.11. The van der Waals surface area contributed by atoms with Gasteiger partial charge in [0, 0.05) is 32.1 Å². The largest absolute Gasteiger partial charge is 0.497 e. The minimum absolute atomic E-state index is 0. The Labute approximate surface area is 161 Å². The Morgan fingerprint density at radius 2 is 2.00 bits per heavy atom. The summed E-state index contributed by atoms with van der Waals surface area (Å²) in [5, 5.41) is 3.00. The number of carbonyl (C=O) groups is 2. The van der Waals surface area contributed by atoms with E-state index in [2.05, 4.69) is 19.2 Å². The number of benzene rings is 1. The van der Waals surface area contributed by atoms with Crippen LogP contribution in [0.5, 0.6) is 5.75 Å². The zero-order chi connectivity index (χ0) is 18.4. The monoisotopic (exact) mass is 383 g/mol. The number of carbonyl (C=O) groups excluding carboxylic acids is 2. The number of nitrogens with one attached hydrogen (secondary N) is 1. The van der Waals surface area contributed by atoms with Crippen molar-refractivity contribution in [1.29, 1.82) is 0 Å². The molecule has 2 atom stereocenters. The molecule has 1 aliphatic heterocycles. The lowest BCUT2D eigenvalue weighted by molar-refractivity contribution is -0.129. The molecule has 1 aromatic rings. The fourth-order valence-corrected chi connectivity index (χ4v) is 3.15. The van der Waals surface area contributed by atoms with E-state index in [4.69, 9.17) is 10.5 Å². The first kappa shape index (κ1) is 22.3. The van der Waals surface area contributed by atoms with Crippen molar-refractivity contribution in [3.63, 3.8) is 0 Å².